The van der Waals surface area contributed by atoms with Crippen molar-refractivity contribution in [3.63, 3.8) is 0 Å². The quantitative estimate of drug-likeness (QED) is 0.189. The van der Waals surface area contributed by atoms with Crippen LogP contribution < -0.4 is 0 Å². The third kappa shape index (κ3) is 4.42. The van der Waals surface area contributed by atoms with Crippen LogP contribution in [-0.4, -0.2) is 15.0 Å². The fraction of sp³-hybridized carbons (Fsp3) is 0.0217. The zero-order valence-electron chi connectivity index (χ0n) is 27.0. The molecule has 6 aromatic carbocycles. The van der Waals surface area contributed by atoms with Crippen LogP contribution in [0.25, 0.3) is 56.4 Å². The van der Waals surface area contributed by atoms with Crippen molar-refractivity contribution in [2.24, 2.45) is 0 Å². The van der Waals surface area contributed by atoms with Crippen molar-refractivity contribution >= 4 is 11.8 Å². The summed E-state index contributed by atoms with van der Waals surface area (Å²) < 4.78 is 0. The molecule has 8 aromatic rings. The molecule has 3 heterocycles. The van der Waals surface area contributed by atoms with Gasteiger partial charge < -0.3 is 0 Å². The van der Waals surface area contributed by atoms with Gasteiger partial charge in [0.05, 0.1) is 28.2 Å². The summed E-state index contributed by atoms with van der Waals surface area (Å²) in [5.74, 6) is 0.680. The number of rotatable bonds is 4. The smallest absolute Gasteiger partial charge is 0.160 e. The van der Waals surface area contributed by atoms with Gasteiger partial charge in [0.25, 0.3) is 0 Å². The molecule has 0 atom stereocenters. The van der Waals surface area contributed by atoms with E-state index in [0.717, 1.165) is 39.5 Å². The SMILES string of the molecule is c1ccc(-c2cc(-c3cccc(-c4ccc5c(c4)C4(c6ccccc6S5)c5ccccc5-c5ccccc54)n3)nc(-c3ccccc3)n2)cc1. The predicted molar refractivity (Wildman–Crippen MR) is 203 cm³/mol. The Balaban J connectivity index is 1.15. The van der Waals surface area contributed by atoms with Gasteiger partial charge >= 0.3 is 0 Å². The highest BCUT2D eigenvalue weighted by molar-refractivity contribution is 7.99. The summed E-state index contributed by atoms with van der Waals surface area (Å²) in [5.41, 5.74) is 13.9. The van der Waals surface area contributed by atoms with Crippen LogP contribution in [0.15, 0.2) is 186 Å². The topological polar surface area (TPSA) is 38.7 Å². The largest absolute Gasteiger partial charge is 0.246 e. The lowest BCUT2D eigenvalue weighted by Crippen LogP contribution is -2.32. The van der Waals surface area contributed by atoms with Crippen LogP contribution in [0.4, 0.5) is 0 Å². The molecule has 0 unspecified atom stereocenters. The van der Waals surface area contributed by atoms with Gasteiger partial charge in [0.1, 0.15) is 0 Å². The van der Waals surface area contributed by atoms with Gasteiger partial charge in [-0.25, -0.2) is 15.0 Å². The highest BCUT2D eigenvalue weighted by Gasteiger charge is 2.50. The maximum absolute atomic E-state index is 5.28. The zero-order chi connectivity index (χ0) is 33.1. The molecule has 1 spiro atoms. The fourth-order valence-electron chi connectivity index (χ4n) is 7.81. The number of fused-ring (bicyclic) bond motifs is 9. The Labute approximate surface area is 295 Å². The third-order valence-electron chi connectivity index (χ3n) is 9.98. The van der Waals surface area contributed by atoms with Crippen molar-refractivity contribution in [3.8, 4) is 56.4 Å². The Bertz CT molecular complexity index is 2480. The molecule has 0 bridgehead atoms. The number of benzene rings is 6. The van der Waals surface area contributed by atoms with E-state index in [4.69, 9.17) is 15.0 Å². The first kappa shape index (κ1) is 28.9. The normalized spacial score (nSPS) is 13.3. The average molecular weight is 656 g/mol. The van der Waals surface area contributed by atoms with E-state index in [9.17, 15) is 0 Å². The van der Waals surface area contributed by atoms with Crippen LogP contribution >= 0.6 is 11.8 Å². The van der Waals surface area contributed by atoms with Crippen molar-refractivity contribution in [2.45, 2.75) is 15.2 Å². The van der Waals surface area contributed by atoms with E-state index >= 15 is 0 Å². The Kier molecular flexibility index (Phi) is 6.64. The lowest BCUT2D eigenvalue weighted by Gasteiger charge is -2.39. The van der Waals surface area contributed by atoms with Gasteiger partial charge in [0.15, 0.2) is 5.82 Å². The van der Waals surface area contributed by atoms with Crippen LogP contribution in [0, 0.1) is 0 Å². The zero-order valence-corrected chi connectivity index (χ0v) is 27.8. The van der Waals surface area contributed by atoms with Gasteiger partial charge in [-0.15, -0.1) is 0 Å². The van der Waals surface area contributed by atoms with E-state index in [-0.39, 0.29) is 0 Å². The van der Waals surface area contributed by atoms with E-state index in [0.29, 0.717) is 5.82 Å². The molecule has 2 aromatic heterocycles. The molecule has 0 fully saturated rings. The Morgan fingerprint density at radius 1 is 0.340 bits per heavy atom. The van der Waals surface area contributed by atoms with Crippen LogP contribution in [0.1, 0.15) is 22.3 Å². The minimum Gasteiger partial charge on any atom is -0.246 e. The second-order valence-corrected chi connectivity index (χ2v) is 13.8. The molecule has 0 radical (unpaired) electrons. The molecule has 0 amide bonds. The van der Waals surface area contributed by atoms with Crippen LogP contribution in [0.5, 0.6) is 0 Å². The molecule has 234 valence electrons. The van der Waals surface area contributed by atoms with Crippen molar-refractivity contribution in [1.29, 1.82) is 0 Å². The van der Waals surface area contributed by atoms with E-state index in [1.807, 2.05) is 54.2 Å². The maximum atomic E-state index is 5.28. The standard InChI is InChI=1S/C46H29N3S/c1-3-14-30(15-4-1)41-29-42(49-45(48-41)31-16-5-2-6-17-31)40-24-13-23-39(47-40)32-26-27-44-38(28-32)46(37-22-11-12-25-43(37)50-44)35-20-9-7-18-33(35)34-19-8-10-21-36(34)46/h1-29H. The van der Waals surface area contributed by atoms with Crippen LogP contribution in [0.2, 0.25) is 0 Å². The number of aromatic nitrogens is 3. The number of pyridine rings is 1. The van der Waals surface area contributed by atoms with Crippen LogP contribution in [0.3, 0.4) is 0 Å². The van der Waals surface area contributed by atoms with Crippen molar-refractivity contribution in [1.82, 2.24) is 15.0 Å². The molecule has 50 heavy (non-hydrogen) atoms. The Morgan fingerprint density at radius 3 is 1.66 bits per heavy atom. The van der Waals surface area contributed by atoms with Crippen molar-refractivity contribution < 1.29 is 0 Å². The second-order valence-electron chi connectivity index (χ2n) is 12.8. The predicted octanol–water partition coefficient (Wildman–Crippen LogP) is 11.4. The molecular weight excluding hydrogens is 627 g/mol. The summed E-state index contributed by atoms with van der Waals surface area (Å²) >= 11 is 1.86. The molecule has 10 rings (SSSR count). The molecular formula is C46H29N3S. The fourth-order valence-corrected chi connectivity index (χ4v) is 8.98. The number of hydrogen-bond acceptors (Lipinski definition) is 4. The van der Waals surface area contributed by atoms with Gasteiger partial charge in [-0.1, -0.05) is 151 Å². The molecule has 0 N–H and O–H groups in total. The average Bonchev–Trinajstić information content (AvgIpc) is 3.49. The Hall–Kier alpha value is -6.10. The second kappa shape index (κ2) is 11.5. The molecule has 1 aliphatic heterocycles. The summed E-state index contributed by atoms with van der Waals surface area (Å²) in [7, 11) is 0. The molecule has 1 aliphatic carbocycles. The highest BCUT2D eigenvalue weighted by Crippen LogP contribution is 2.62. The maximum Gasteiger partial charge on any atom is 0.160 e. The van der Waals surface area contributed by atoms with Crippen LogP contribution in [-0.2, 0) is 5.41 Å². The van der Waals surface area contributed by atoms with E-state index in [1.54, 1.807) is 0 Å². The van der Waals surface area contributed by atoms with E-state index in [2.05, 4.69) is 133 Å². The van der Waals surface area contributed by atoms with Gasteiger partial charge in [-0.05, 0) is 69.8 Å². The molecule has 0 saturated carbocycles. The first-order valence-electron chi connectivity index (χ1n) is 16.9. The molecule has 4 heteroatoms. The van der Waals surface area contributed by atoms with Crippen molar-refractivity contribution in [2.75, 3.05) is 0 Å². The first-order valence-corrected chi connectivity index (χ1v) is 17.7. The van der Waals surface area contributed by atoms with Gasteiger partial charge in [-0.3, -0.25) is 0 Å². The molecule has 2 aliphatic rings. The minimum absolute atomic E-state index is 0.431. The summed E-state index contributed by atoms with van der Waals surface area (Å²) in [6.45, 7) is 0. The Morgan fingerprint density at radius 2 is 0.920 bits per heavy atom. The lowest BCUT2D eigenvalue weighted by molar-refractivity contribution is 0.722. The van der Waals surface area contributed by atoms with Gasteiger partial charge in [0.2, 0.25) is 0 Å². The summed E-state index contributed by atoms with van der Waals surface area (Å²) in [6, 6.07) is 62.4. The summed E-state index contributed by atoms with van der Waals surface area (Å²) in [5, 5.41) is 0. The van der Waals surface area contributed by atoms with Gasteiger partial charge in [-0.2, -0.15) is 0 Å². The van der Waals surface area contributed by atoms with E-state index in [1.165, 1.54) is 43.2 Å². The number of nitrogens with zero attached hydrogens (tertiary/aromatic N) is 3. The highest BCUT2D eigenvalue weighted by atomic mass is 32.2. The van der Waals surface area contributed by atoms with E-state index < -0.39 is 5.41 Å². The summed E-state index contributed by atoms with van der Waals surface area (Å²) in [4.78, 5) is 17.9. The summed E-state index contributed by atoms with van der Waals surface area (Å²) in [6.07, 6.45) is 0. The monoisotopic (exact) mass is 655 g/mol. The molecule has 0 saturated heterocycles. The van der Waals surface area contributed by atoms with Crippen molar-refractivity contribution in [3.05, 3.63) is 198 Å². The van der Waals surface area contributed by atoms with Gasteiger partial charge in [0, 0.05) is 26.5 Å². The number of hydrogen-bond donors (Lipinski definition) is 0. The molecule has 3 nitrogen and oxygen atoms in total. The first-order chi connectivity index (χ1) is 24.8. The third-order valence-corrected chi connectivity index (χ3v) is 11.1. The minimum atomic E-state index is -0.431. The lowest BCUT2D eigenvalue weighted by atomic mass is 9.67.